The Morgan fingerprint density at radius 2 is 1.96 bits per heavy atom. The van der Waals surface area contributed by atoms with E-state index in [0.717, 1.165) is 41.5 Å². The van der Waals surface area contributed by atoms with E-state index in [9.17, 15) is 0 Å². The van der Waals surface area contributed by atoms with Crippen LogP contribution in [0.15, 0.2) is 54.9 Å². The van der Waals surface area contributed by atoms with Crippen LogP contribution in [0.25, 0.3) is 5.69 Å². The molecule has 0 aliphatic carbocycles. The number of aryl methyl sites for hydroxylation is 1. The molecular formula is C19H22N4O. The number of nitrogens with zero attached hydrogens (tertiary/aromatic N) is 4. The van der Waals surface area contributed by atoms with Crippen LogP contribution >= 0.6 is 0 Å². The summed E-state index contributed by atoms with van der Waals surface area (Å²) in [5.74, 6) is 0.826. The predicted molar refractivity (Wildman–Crippen MR) is 94.3 cm³/mol. The molecule has 24 heavy (non-hydrogen) atoms. The van der Waals surface area contributed by atoms with Crippen LogP contribution in [0.3, 0.4) is 0 Å². The predicted octanol–water partition coefficient (Wildman–Crippen LogP) is 3.22. The number of rotatable bonds is 6. The van der Waals surface area contributed by atoms with Crippen molar-refractivity contribution in [1.82, 2.24) is 19.7 Å². The molecule has 5 heteroatoms. The van der Waals surface area contributed by atoms with E-state index < -0.39 is 0 Å². The van der Waals surface area contributed by atoms with E-state index >= 15 is 0 Å². The number of pyridine rings is 1. The van der Waals surface area contributed by atoms with Gasteiger partial charge < -0.3 is 4.74 Å². The fourth-order valence-electron chi connectivity index (χ4n) is 2.67. The Morgan fingerprint density at radius 1 is 1.12 bits per heavy atom. The van der Waals surface area contributed by atoms with Gasteiger partial charge in [-0.2, -0.15) is 5.10 Å². The minimum atomic E-state index is 0.812. The van der Waals surface area contributed by atoms with Crippen LogP contribution < -0.4 is 4.74 Å². The number of hydrogen-bond donors (Lipinski definition) is 0. The molecule has 3 aromatic rings. The Labute approximate surface area is 142 Å². The van der Waals surface area contributed by atoms with E-state index in [0.29, 0.717) is 0 Å². The second-order valence-electron chi connectivity index (χ2n) is 5.94. The summed E-state index contributed by atoms with van der Waals surface area (Å²) in [5, 5.41) is 4.45. The molecule has 2 heterocycles. The van der Waals surface area contributed by atoms with Gasteiger partial charge in [-0.15, -0.1) is 0 Å². The van der Waals surface area contributed by atoms with Gasteiger partial charge in [0, 0.05) is 36.6 Å². The Balaban J connectivity index is 1.67. The van der Waals surface area contributed by atoms with E-state index in [-0.39, 0.29) is 0 Å². The van der Waals surface area contributed by atoms with E-state index in [4.69, 9.17) is 4.74 Å². The molecule has 0 N–H and O–H groups in total. The largest absolute Gasteiger partial charge is 0.497 e. The van der Waals surface area contributed by atoms with Crippen LogP contribution in [0.2, 0.25) is 0 Å². The standard InChI is InChI=1S/C19H22N4O/c1-15-6-4-7-17(21-15)14-22(2)12-16-11-20-23(13-16)18-8-5-9-19(10-18)24-3/h4-11,13H,12,14H2,1-3H3. The zero-order chi connectivity index (χ0) is 16.9. The number of ether oxygens (including phenoxy) is 1. The lowest BCUT2D eigenvalue weighted by molar-refractivity contribution is 0.315. The van der Waals surface area contributed by atoms with Gasteiger partial charge in [0.1, 0.15) is 5.75 Å². The summed E-state index contributed by atoms with van der Waals surface area (Å²) in [7, 11) is 3.76. The minimum absolute atomic E-state index is 0.812. The molecule has 0 fully saturated rings. The van der Waals surface area contributed by atoms with Crippen molar-refractivity contribution in [1.29, 1.82) is 0 Å². The van der Waals surface area contributed by atoms with E-state index in [1.165, 1.54) is 0 Å². The molecule has 0 saturated carbocycles. The Bertz CT molecular complexity index is 812. The molecule has 0 saturated heterocycles. The van der Waals surface area contributed by atoms with Gasteiger partial charge in [0.25, 0.3) is 0 Å². The molecule has 0 unspecified atom stereocenters. The molecule has 0 amide bonds. The van der Waals surface area contributed by atoms with Crippen molar-refractivity contribution in [3.8, 4) is 11.4 Å². The van der Waals surface area contributed by atoms with Crippen LogP contribution in [0.1, 0.15) is 17.0 Å². The van der Waals surface area contributed by atoms with Gasteiger partial charge in [0.15, 0.2) is 0 Å². The normalized spacial score (nSPS) is 11.0. The molecule has 1 aromatic carbocycles. The quantitative estimate of drug-likeness (QED) is 0.699. The summed E-state index contributed by atoms with van der Waals surface area (Å²) in [4.78, 5) is 6.78. The van der Waals surface area contributed by atoms with Crippen molar-refractivity contribution in [3.05, 3.63) is 71.8 Å². The molecule has 5 nitrogen and oxygen atoms in total. The maximum atomic E-state index is 5.27. The number of benzene rings is 1. The lowest BCUT2D eigenvalue weighted by Crippen LogP contribution is -2.17. The summed E-state index contributed by atoms with van der Waals surface area (Å²) < 4.78 is 7.14. The molecule has 3 rings (SSSR count). The molecule has 0 aliphatic rings. The highest BCUT2D eigenvalue weighted by Crippen LogP contribution is 2.16. The zero-order valence-electron chi connectivity index (χ0n) is 14.3. The Morgan fingerprint density at radius 3 is 2.75 bits per heavy atom. The van der Waals surface area contributed by atoms with Gasteiger partial charge in [0.05, 0.1) is 24.7 Å². The highest BCUT2D eigenvalue weighted by molar-refractivity contribution is 5.38. The van der Waals surface area contributed by atoms with Crippen molar-refractivity contribution >= 4 is 0 Å². The minimum Gasteiger partial charge on any atom is -0.497 e. The first kappa shape index (κ1) is 16.2. The third-order valence-electron chi connectivity index (χ3n) is 3.78. The first-order valence-electron chi connectivity index (χ1n) is 7.93. The third kappa shape index (κ3) is 4.00. The maximum absolute atomic E-state index is 5.27. The topological polar surface area (TPSA) is 43.2 Å². The number of hydrogen-bond acceptors (Lipinski definition) is 4. The highest BCUT2D eigenvalue weighted by Gasteiger charge is 2.07. The molecule has 0 atom stereocenters. The van der Waals surface area contributed by atoms with E-state index in [1.807, 2.05) is 54.2 Å². The van der Waals surface area contributed by atoms with Crippen LogP contribution in [0, 0.1) is 6.92 Å². The third-order valence-corrected chi connectivity index (χ3v) is 3.78. The van der Waals surface area contributed by atoms with Gasteiger partial charge in [-0.05, 0) is 38.2 Å². The second-order valence-corrected chi connectivity index (χ2v) is 5.94. The fourth-order valence-corrected chi connectivity index (χ4v) is 2.67. The highest BCUT2D eigenvalue weighted by atomic mass is 16.5. The van der Waals surface area contributed by atoms with Gasteiger partial charge in [-0.1, -0.05) is 12.1 Å². The molecule has 2 aromatic heterocycles. The monoisotopic (exact) mass is 322 g/mol. The smallest absolute Gasteiger partial charge is 0.121 e. The summed E-state index contributed by atoms with van der Waals surface area (Å²) in [6.07, 6.45) is 3.95. The number of methoxy groups -OCH3 is 1. The van der Waals surface area contributed by atoms with E-state index in [1.54, 1.807) is 7.11 Å². The van der Waals surface area contributed by atoms with Crippen LogP contribution in [0.5, 0.6) is 5.75 Å². The van der Waals surface area contributed by atoms with Crippen molar-refractivity contribution in [3.63, 3.8) is 0 Å². The molecule has 0 radical (unpaired) electrons. The van der Waals surface area contributed by atoms with Crippen LogP contribution in [0.4, 0.5) is 0 Å². The summed E-state index contributed by atoms with van der Waals surface area (Å²) in [5.41, 5.74) is 4.28. The molecule has 124 valence electrons. The van der Waals surface area contributed by atoms with Crippen molar-refractivity contribution in [2.24, 2.45) is 0 Å². The van der Waals surface area contributed by atoms with Crippen molar-refractivity contribution < 1.29 is 4.74 Å². The summed E-state index contributed by atoms with van der Waals surface area (Å²) >= 11 is 0. The first-order valence-corrected chi connectivity index (χ1v) is 7.93. The fraction of sp³-hybridized carbons (Fsp3) is 0.263. The molecular weight excluding hydrogens is 300 g/mol. The van der Waals surface area contributed by atoms with Gasteiger partial charge in [-0.25, -0.2) is 4.68 Å². The molecule has 0 spiro atoms. The maximum Gasteiger partial charge on any atom is 0.121 e. The van der Waals surface area contributed by atoms with Crippen LogP contribution in [-0.2, 0) is 13.1 Å². The lowest BCUT2D eigenvalue weighted by Gasteiger charge is -2.15. The lowest BCUT2D eigenvalue weighted by atomic mass is 10.2. The van der Waals surface area contributed by atoms with Crippen molar-refractivity contribution in [2.45, 2.75) is 20.0 Å². The number of aromatic nitrogens is 3. The second kappa shape index (κ2) is 7.27. The average Bonchev–Trinajstić information content (AvgIpc) is 3.03. The average molecular weight is 322 g/mol. The summed E-state index contributed by atoms with van der Waals surface area (Å²) in [6.45, 7) is 3.65. The van der Waals surface area contributed by atoms with Crippen LogP contribution in [-0.4, -0.2) is 33.8 Å². The van der Waals surface area contributed by atoms with Gasteiger partial charge >= 0.3 is 0 Å². The summed E-state index contributed by atoms with van der Waals surface area (Å²) in [6, 6.07) is 14.0. The SMILES string of the molecule is COc1cccc(-n2cc(CN(C)Cc3cccc(C)n3)cn2)c1. The Hall–Kier alpha value is -2.66. The zero-order valence-corrected chi connectivity index (χ0v) is 14.3. The van der Waals surface area contributed by atoms with E-state index in [2.05, 4.69) is 34.3 Å². The molecule has 0 aliphatic heterocycles. The van der Waals surface area contributed by atoms with Gasteiger partial charge in [0.2, 0.25) is 0 Å². The van der Waals surface area contributed by atoms with Gasteiger partial charge in [-0.3, -0.25) is 9.88 Å². The van der Waals surface area contributed by atoms with Crippen molar-refractivity contribution in [2.75, 3.05) is 14.2 Å². The molecule has 0 bridgehead atoms. The first-order chi connectivity index (χ1) is 11.6. The Kier molecular flexibility index (Phi) is 4.91.